The Morgan fingerprint density at radius 3 is 2.67 bits per heavy atom. The summed E-state index contributed by atoms with van der Waals surface area (Å²) in [5, 5.41) is 4.00. The lowest BCUT2D eigenvalue weighted by Crippen LogP contribution is -2.33. The molecule has 1 saturated heterocycles. The van der Waals surface area contributed by atoms with E-state index in [0.29, 0.717) is 16.9 Å². The monoisotopic (exact) mass is 475 g/mol. The molecule has 180 valence electrons. The summed E-state index contributed by atoms with van der Waals surface area (Å²) < 4.78 is 0. The number of amides is 1. The molecule has 4 aromatic rings. The van der Waals surface area contributed by atoms with Gasteiger partial charge in [-0.3, -0.25) is 4.79 Å². The maximum absolute atomic E-state index is 13.1. The van der Waals surface area contributed by atoms with Gasteiger partial charge in [-0.05, 0) is 79.8 Å². The van der Waals surface area contributed by atoms with Crippen molar-refractivity contribution < 1.29 is 4.79 Å². The first-order chi connectivity index (χ1) is 17.5. The lowest BCUT2D eigenvalue weighted by molar-refractivity contribution is 0.102. The summed E-state index contributed by atoms with van der Waals surface area (Å²) in [6, 6.07) is 18.8. The SMILES string of the molecule is Cc1ccc(C(=O)Nc2ccc3c(N4CCC(C)CC4)ncnc3c2)cc1C#Cc1cccc(N)c1. The van der Waals surface area contributed by atoms with Gasteiger partial charge in [-0.15, -0.1) is 0 Å². The number of aryl methyl sites for hydroxylation is 1. The van der Waals surface area contributed by atoms with E-state index in [1.54, 1.807) is 6.33 Å². The number of hydrogen-bond donors (Lipinski definition) is 2. The molecule has 0 spiro atoms. The van der Waals surface area contributed by atoms with Crippen molar-refractivity contribution >= 4 is 34.0 Å². The number of aromatic nitrogens is 2. The highest BCUT2D eigenvalue weighted by Crippen LogP contribution is 2.29. The average molecular weight is 476 g/mol. The van der Waals surface area contributed by atoms with Gasteiger partial charge in [-0.25, -0.2) is 9.97 Å². The Balaban J connectivity index is 1.36. The third-order valence-corrected chi connectivity index (χ3v) is 6.68. The number of nitrogens with one attached hydrogen (secondary N) is 1. The van der Waals surface area contributed by atoms with Crippen LogP contribution in [-0.2, 0) is 0 Å². The number of piperidine rings is 1. The zero-order valence-corrected chi connectivity index (χ0v) is 20.6. The highest BCUT2D eigenvalue weighted by atomic mass is 16.1. The third-order valence-electron chi connectivity index (χ3n) is 6.68. The molecule has 5 rings (SSSR count). The molecule has 1 aliphatic rings. The Hall–Kier alpha value is -4.37. The number of anilines is 3. The largest absolute Gasteiger partial charge is 0.399 e. The highest BCUT2D eigenvalue weighted by Gasteiger charge is 2.19. The lowest BCUT2D eigenvalue weighted by atomic mass is 9.99. The van der Waals surface area contributed by atoms with Crippen molar-refractivity contribution in [2.24, 2.45) is 5.92 Å². The Morgan fingerprint density at radius 2 is 1.86 bits per heavy atom. The maximum Gasteiger partial charge on any atom is 0.255 e. The van der Waals surface area contributed by atoms with Gasteiger partial charge in [0.1, 0.15) is 12.1 Å². The highest BCUT2D eigenvalue weighted by molar-refractivity contribution is 6.05. The molecule has 1 aromatic heterocycles. The van der Waals surface area contributed by atoms with Crippen molar-refractivity contribution in [2.45, 2.75) is 26.7 Å². The van der Waals surface area contributed by atoms with E-state index >= 15 is 0 Å². The van der Waals surface area contributed by atoms with E-state index in [9.17, 15) is 4.79 Å². The molecule has 0 unspecified atom stereocenters. The molecule has 0 atom stereocenters. The van der Waals surface area contributed by atoms with E-state index in [-0.39, 0.29) is 5.91 Å². The number of nitrogens with zero attached hydrogens (tertiary/aromatic N) is 3. The summed E-state index contributed by atoms with van der Waals surface area (Å²) in [5.74, 6) is 7.83. The van der Waals surface area contributed by atoms with Crippen LogP contribution in [0.15, 0.2) is 67.0 Å². The van der Waals surface area contributed by atoms with Gasteiger partial charge in [0.25, 0.3) is 5.91 Å². The van der Waals surface area contributed by atoms with Gasteiger partial charge in [0.05, 0.1) is 5.52 Å². The second kappa shape index (κ2) is 10.1. The van der Waals surface area contributed by atoms with Crippen LogP contribution in [0.2, 0.25) is 0 Å². The molecule has 0 bridgehead atoms. The lowest BCUT2D eigenvalue weighted by Gasteiger charge is -2.31. The van der Waals surface area contributed by atoms with Crippen LogP contribution in [0.5, 0.6) is 0 Å². The van der Waals surface area contributed by atoms with Crippen LogP contribution in [0.25, 0.3) is 10.9 Å². The molecule has 0 saturated carbocycles. The van der Waals surface area contributed by atoms with E-state index in [2.05, 4.69) is 38.9 Å². The first kappa shape index (κ1) is 23.4. The van der Waals surface area contributed by atoms with Gasteiger partial charge in [-0.1, -0.05) is 30.9 Å². The second-order valence-corrected chi connectivity index (χ2v) is 9.46. The summed E-state index contributed by atoms with van der Waals surface area (Å²) in [7, 11) is 0. The molecular formula is C30H29N5O. The molecule has 1 aliphatic heterocycles. The molecule has 2 heterocycles. The fraction of sp³-hybridized carbons (Fsp3) is 0.233. The predicted octanol–water partition coefficient (Wildman–Crippen LogP) is 5.41. The first-order valence-corrected chi connectivity index (χ1v) is 12.3. The fourth-order valence-corrected chi connectivity index (χ4v) is 4.45. The van der Waals surface area contributed by atoms with Crippen molar-refractivity contribution in [1.29, 1.82) is 0 Å². The molecular weight excluding hydrogens is 446 g/mol. The Kier molecular flexibility index (Phi) is 6.55. The van der Waals surface area contributed by atoms with Crippen LogP contribution in [0.1, 0.15) is 46.8 Å². The van der Waals surface area contributed by atoms with Crippen LogP contribution in [0.4, 0.5) is 17.2 Å². The molecule has 6 nitrogen and oxygen atoms in total. The molecule has 0 aliphatic carbocycles. The van der Waals surface area contributed by atoms with E-state index in [4.69, 9.17) is 5.73 Å². The zero-order valence-electron chi connectivity index (χ0n) is 20.6. The average Bonchev–Trinajstić information content (AvgIpc) is 2.88. The van der Waals surface area contributed by atoms with Gasteiger partial charge in [-0.2, -0.15) is 0 Å². The van der Waals surface area contributed by atoms with Crippen LogP contribution in [0, 0.1) is 24.7 Å². The number of rotatable bonds is 3. The van der Waals surface area contributed by atoms with E-state index < -0.39 is 0 Å². The number of nitrogens with two attached hydrogens (primary N) is 1. The van der Waals surface area contributed by atoms with Gasteiger partial charge >= 0.3 is 0 Å². The van der Waals surface area contributed by atoms with Crippen molar-refractivity contribution in [3.63, 3.8) is 0 Å². The van der Waals surface area contributed by atoms with Crippen molar-refractivity contribution in [3.05, 3.63) is 89.2 Å². The third kappa shape index (κ3) is 5.16. The molecule has 6 heteroatoms. The quantitative estimate of drug-likeness (QED) is 0.306. The number of carbonyl (C=O) groups excluding carboxylic acids is 1. The predicted molar refractivity (Wildman–Crippen MR) is 146 cm³/mol. The van der Waals surface area contributed by atoms with Gasteiger partial charge in [0.15, 0.2) is 0 Å². The Labute approximate surface area is 211 Å². The number of nitrogen functional groups attached to an aromatic ring is 1. The summed E-state index contributed by atoms with van der Waals surface area (Å²) in [6.45, 7) is 6.28. The van der Waals surface area contributed by atoms with Gasteiger partial charge in [0.2, 0.25) is 0 Å². The van der Waals surface area contributed by atoms with Gasteiger partial charge < -0.3 is 16.0 Å². The summed E-state index contributed by atoms with van der Waals surface area (Å²) >= 11 is 0. The minimum Gasteiger partial charge on any atom is -0.399 e. The zero-order chi connectivity index (χ0) is 25.1. The Morgan fingerprint density at radius 1 is 1.03 bits per heavy atom. The van der Waals surface area contributed by atoms with Crippen LogP contribution in [-0.4, -0.2) is 29.0 Å². The molecule has 0 radical (unpaired) electrons. The summed E-state index contributed by atoms with van der Waals surface area (Å²) in [6.07, 6.45) is 3.94. The van der Waals surface area contributed by atoms with Crippen molar-refractivity contribution in [3.8, 4) is 11.8 Å². The van der Waals surface area contributed by atoms with Crippen LogP contribution < -0.4 is 16.0 Å². The van der Waals surface area contributed by atoms with Crippen LogP contribution in [0.3, 0.4) is 0 Å². The molecule has 3 N–H and O–H groups in total. The van der Waals surface area contributed by atoms with E-state index in [0.717, 1.165) is 52.4 Å². The van der Waals surface area contributed by atoms with E-state index in [1.807, 2.05) is 67.6 Å². The first-order valence-electron chi connectivity index (χ1n) is 12.3. The van der Waals surface area contributed by atoms with Crippen LogP contribution >= 0.6 is 0 Å². The minimum absolute atomic E-state index is 0.194. The Bertz CT molecular complexity index is 1490. The number of fused-ring (bicyclic) bond motifs is 1. The smallest absolute Gasteiger partial charge is 0.255 e. The molecule has 3 aromatic carbocycles. The topological polar surface area (TPSA) is 84.1 Å². The van der Waals surface area contributed by atoms with E-state index in [1.165, 1.54) is 12.8 Å². The molecule has 36 heavy (non-hydrogen) atoms. The maximum atomic E-state index is 13.1. The minimum atomic E-state index is -0.194. The second-order valence-electron chi connectivity index (χ2n) is 9.46. The van der Waals surface area contributed by atoms with Crippen molar-refractivity contribution in [1.82, 2.24) is 9.97 Å². The summed E-state index contributed by atoms with van der Waals surface area (Å²) in [5.41, 5.74) is 11.2. The van der Waals surface area contributed by atoms with Gasteiger partial charge in [0, 0.05) is 46.5 Å². The fourth-order valence-electron chi connectivity index (χ4n) is 4.45. The molecule has 1 fully saturated rings. The number of carbonyl (C=O) groups is 1. The number of hydrogen-bond acceptors (Lipinski definition) is 5. The van der Waals surface area contributed by atoms with Crippen molar-refractivity contribution in [2.75, 3.05) is 29.0 Å². The normalized spacial score (nSPS) is 13.8. The molecule has 1 amide bonds. The number of benzene rings is 3. The standard InChI is InChI=1S/C30H29N5O/c1-20-12-14-35(15-13-20)29-27-11-10-26(18-28(27)32-19-33-29)34-30(36)24-8-6-21(2)23(17-24)9-7-22-4-3-5-25(31)16-22/h3-6,8,10-11,16-20H,12-15,31H2,1-2H3,(H,34,36). The summed E-state index contributed by atoms with van der Waals surface area (Å²) in [4.78, 5) is 24.4.